The van der Waals surface area contributed by atoms with E-state index >= 15 is 0 Å². The van der Waals surface area contributed by atoms with Gasteiger partial charge in [-0.25, -0.2) is 0 Å². The molecule has 0 aliphatic carbocycles. The molecule has 1 atom stereocenters. The summed E-state index contributed by atoms with van der Waals surface area (Å²) in [5.41, 5.74) is 1.26. The van der Waals surface area contributed by atoms with E-state index in [2.05, 4.69) is 51.5 Å². The molecule has 1 aromatic carbocycles. The van der Waals surface area contributed by atoms with E-state index in [9.17, 15) is 4.79 Å². The topological polar surface area (TPSA) is 66.6 Å². The summed E-state index contributed by atoms with van der Waals surface area (Å²) in [7, 11) is 2.13. The number of likely N-dealkylation sites (N-methyl/N-ethyl adjacent to an activating group) is 1. The van der Waals surface area contributed by atoms with Crippen LogP contribution in [-0.4, -0.2) is 62.2 Å². The van der Waals surface area contributed by atoms with Crippen molar-refractivity contribution >= 4 is 22.2 Å². The Morgan fingerprint density at radius 1 is 1.23 bits per heavy atom. The Hall–Kier alpha value is -2.32. The van der Waals surface area contributed by atoms with Gasteiger partial charge in [0.25, 0.3) is 0 Å². The summed E-state index contributed by atoms with van der Waals surface area (Å²) in [4.78, 5) is 17.8. The number of benzene rings is 1. The largest absolute Gasteiger partial charge is 0.339 e. The van der Waals surface area contributed by atoms with Crippen LogP contribution in [0.15, 0.2) is 30.3 Å². The molecule has 136 valence electrons. The van der Waals surface area contributed by atoms with Gasteiger partial charge in [-0.1, -0.05) is 41.7 Å². The van der Waals surface area contributed by atoms with Crippen molar-refractivity contribution in [1.29, 1.82) is 0 Å². The number of hydrogen-bond acceptors (Lipinski definition) is 6. The first kappa shape index (κ1) is 17.1. The Kier molecular flexibility index (Phi) is 4.69. The van der Waals surface area contributed by atoms with E-state index in [-0.39, 0.29) is 11.9 Å². The molecular weight excluding hydrogens is 348 g/mol. The SMILES string of the molecule is Cc1nnc2sc(CCC(=O)N3CCN(C)C(c4ccccc4)C3)nn12. The van der Waals surface area contributed by atoms with Crippen LogP contribution in [0.4, 0.5) is 0 Å². The molecule has 1 saturated heterocycles. The van der Waals surface area contributed by atoms with Gasteiger partial charge in [-0.05, 0) is 19.5 Å². The third-order valence-corrected chi connectivity index (χ3v) is 5.88. The first-order chi connectivity index (χ1) is 12.6. The molecule has 1 aliphatic rings. The van der Waals surface area contributed by atoms with Crippen molar-refractivity contribution in [3.63, 3.8) is 0 Å². The highest BCUT2D eigenvalue weighted by atomic mass is 32.1. The van der Waals surface area contributed by atoms with Crippen LogP contribution in [0.5, 0.6) is 0 Å². The van der Waals surface area contributed by atoms with Crippen molar-refractivity contribution in [2.45, 2.75) is 25.8 Å². The molecule has 7 nitrogen and oxygen atoms in total. The molecule has 0 bridgehead atoms. The van der Waals surface area contributed by atoms with Crippen LogP contribution in [-0.2, 0) is 11.2 Å². The lowest BCUT2D eigenvalue weighted by Crippen LogP contribution is -2.49. The predicted molar refractivity (Wildman–Crippen MR) is 100 cm³/mol. The summed E-state index contributed by atoms with van der Waals surface area (Å²) >= 11 is 1.50. The van der Waals surface area contributed by atoms with E-state index in [1.807, 2.05) is 17.9 Å². The summed E-state index contributed by atoms with van der Waals surface area (Å²) < 4.78 is 1.74. The molecule has 8 heteroatoms. The molecule has 26 heavy (non-hydrogen) atoms. The Bertz CT molecular complexity index is 905. The molecule has 1 aliphatic heterocycles. The zero-order valence-electron chi connectivity index (χ0n) is 15.0. The highest BCUT2D eigenvalue weighted by Gasteiger charge is 2.28. The second-order valence-corrected chi connectivity index (χ2v) is 7.72. The van der Waals surface area contributed by atoms with Gasteiger partial charge in [-0.3, -0.25) is 9.69 Å². The van der Waals surface area contributed by atoms with Crippen molar-refractivity contribution in [3.8, 4) is 0 Å². The Balaban J connectivity index is 1.39. The number of aryl methyl sites for hydroxylation is 2. The van der Waals surface area contributed by atoms with Crippen LogP contribution in [0.3, 0.4) is 0 Å². The van der Waals surface area contributed by atoms with E-state index in [1.165, 1.54) is 16.9 Å². The standard InChI is InChI=1S/C18H22N6OS/c1-13-19-20-18-24(13)21-16(26-18)8-9-17(25)23-11-10-22(2)15(12-23)14-6-4-3-5-7-14/h3-7,15H,8-12H2,1-2H3. The van der Waals surface area contributed by atoms with E-state index in [4.69, 9.17) is 0 Å². The summed E-state index contributed by atoms with van der Waals surface area (Å²) in [5.74, 6) is 0.973. The van der Waals surface area contributed by atoms with Gasteiger partial charge < -0.3 is 4.90 Å². The fourth-order valence-electron chi connectivity index (χ4n) is 3.36. The quantitative estimate of drug-likeness (QED) is 0.702. The van der Waals surface area contributed by atoms with Gasteiger partial charge in [0.05, 0.1) is 6.04 Å². The molecule has 0 spiro atoms. The first-order valence-corrected chi connectivity index (χ1v) is 9.64. The molecule has 1 unspecified atom stereocenters. The Labute approximate surface area is 156 Å². The van der Waals surface area contributed by atoms with Gasteiger partial charge in [0, 0.05) is 32.5 Å². The highest BCUT2D eigenvalue weighted by molar-refractivity contribution is 7.16. The summed E-state index contributed by atoms with van der Waals surface area (Å²) in [6.45, 7) is 4.29. The highest BCUT2D eigenvalue weighted by Crippen LogP contribution is 2.24. The van der Waals surface area contributed by atoms with Crippen LogP contribution >= 0.6 is 11.3 Å². The molecule has 1 amide bonds. The zero-order chi connectivity index (χ0) is 18.1. The fraction of sp³-hybridized carbons (Fsp3) is 0.444. The lowest BCUT2D eigenvalue weighted by molar-refractivity contribution is -0.134. The second kappa shape index (κ2) is 7.13. The fourth-order valence-corrected chi connectivity index (χ4v) is 4.24. The van der Waals surface area contributed by atoms with E-state index in [0.717, 1.165) is 35.4 Å². The minimum absolute atomic E-state index is 0.196. The van der Waals surface area contributed by atoms with Gasteiger partial charge in [-0.2, -0.15) is 9.61 Å². The van der Waals surface area contributed by atoms with Crippen LogP contribution in [0.25, 0.3) is 4.96 Å². The van der Waals surface area contributed by atoms with E-state index in [0.29, 0.717) is 12.8 Å². The number of carbonyl (C=O) groups is 1. The molecule has 4 rings (SSSR count). The molecule has 3 aromatic rings. The number of nitrogens with zero attached hydrogens (tertiary/aromatic N) is 6. The normalized spacial score (nSPS) is 18.5. The number of fused-ring (bicyclic) bond motifs is 1. The third-order valence-electron chi connectivity index (χ3n) is 4.93. The monoisotopic (exact) mass is 370 g/mol. The predicted octanol–water partition coefficient (Wildman–Crippen LogP) is 1.94. The van der Waals surface area contributed by atoms with Gasteiger partial charge in [0.15, 0.2) is 5.82 Å². The van der Waals surface area contributed by atoms with Crippen molar-refractivity contribution < 1.29 is 4.79 Å². The molecular formula is C18H22N6OS. The maximum Gasteiger partial charge on any atom is 0.234 e. The number of aromatic nitrogens is 4. The van der Waals surface area contributed by atoms with Crippen molar-refractivity contribution in [3.05, 3.63) is 46.7 Å². The summed E-state index contributed by atoms with van der Waals surface area (Å²) in [5, 5.41) is 13.5. The van der Waals surface area contributed by atoms with Crippen molar-refractivity contribution in [2.75, 3.05) is 26.7 Å². The lowest BCUT2D eigenvalue weighted by atomic mass is 10.0. The Morgan fingerprint density at radius 3 is 2.81 bits per heavy atom. The minimum atomic E-state index is 0.196. The average Bonchev–Trinajstić information content (AvgIpc) is 3.22. The summed E-state index contributed by atoms with van der Waals surface area (Å²) in [6, 6.07) is 10.7. The summed E-state index contributed by atoms with van der Waals surface area (Å²) in [6.07, 6.45) is 1.13. The maximum absolute atomic E-state index is 12.7. The molecule has 2 aromatic heterocycles. The number of hydrogen-bond donors (Lipinski definition) is 0. The van der Waals surface area contributed by atoms with Gasteiger partial charge in [0.1, 0.15) is 5.01 Å². The average molecular weight is 370 g/mol. The smallest absolute Gasteiger partial charge is 0.234 e. The van der Waals surface area contributed by atoms with Crippen molar-refractivity contribution in [1.82, 2.24) is 29.6 Å². The zero-order valence-corrected chi connectivity index (χ0v) is 15.8. The van der Waals surface area contributed by atoms with Gasteiger partial charge >= 0.3 is 0 Å². The van der Waals surface area contributed by atoms with Crippen molar-refractivity contribution in [2.24, 2.45) is 0 Å². The third kappa shape index (κ3) is 3.34. The lowest BCUT2D eigenvalue weighted by Gasteiger charge is -2.39. The minimum Gasteiger partial charge on any atom is -0.339 e. The first-order valence-electron chi connectivity index (χ1n) is 8.82. The number of rotatable bonds is 4. The molecule has 1 fully saturated rings. The van der Waals surface area contributed by atoms with Crippen LogP contribution in [0, 0.1) is 6.92 Å². The molecule has 0 N–H and O–H groups in total. The molecule has 0 radical (unpaired) electrons. The van der Waals surface area contributed by atoms with Gasteiger partial charge in [0.2, 0.25) is 10.9 Å². The van der Waals surface area contributed by atoms with Crippen LogP contribution in [0.1, 0.15) is 28.9 Å². The van der Waals surface area contributed by atoms with Crippen LogP contribution in [0.2, 0.25) is 0 Å². The Morgan fingerprint density at radius 2 is 2.04 bits per heavy atom. The maximum atomic E-state index is 12.7. The number of piperazine rings is 1. The number of carbonyl (C=O) groups excluding carboxylic acids is 1. The van der Waals surface area contributed by atoms with E-state index in [1.54, 1.807) is 4.52 Å². The molecule has 3 heterocycles. The number of amides is 1. The van der Waals surface area contributed by atoms with E-state index < -0.39 is 0 Å². The van der Waals surface area contributed by atoms with Gasteiger partial charge in [-0.15, -0.1) is 10.2 Å². The second-order valence-electron chi connectivity index (χ2n) is 6.68. The molecule has 0 saturated carbocycles. The van der Waals surface area contributed by atoms with Crippen LogP contribution < -0.4 is 0 Å².